The monoisotopic (exact) mass is 210 g/mol. The quantitative estimate of drug-likeness (QED) is 0.735. The Morgan fingerprint density at radius 2 is 2.27 bits per heavy atom. The molecule has 2 aliphatic rings. The third-order valence-electron chi connectivity index (χ3n) is 3.14. The van der Waals surface area contributed by atoms with Gasteiger partial charge in [-0.05, 0) is 12.8 Å². The highest BCUT2D eigenvalue weighted by Crippen LogP contribution is 2.32. The van der Waals surface area contributed by atoms with Gasteiger partial charge < -0.3 is 10.2 Å². The van der Waals surface area contributed by atoms with Crippen LogP contribution < -0.4 is 5.32 Å². The van der Waals surface area contributed by atoms with Crippen LogP contribution in [0.4, 0.5) is 0 Å². The largest absolute Gasteiger partial charge is 0.356 e. The molecule has 2 amide bonds. The van der Waals surface area contributed by atoms with Crippen LogP contribution in [0, 0.1) is 5.92 Å². The van der Waals surface area contributed by atoms with E-state index in [1.54, 1.807) is 0 Å². The van der Waals surface area contributed by atoms with Crippen LogP contribution in [0.2, 0.25) is 0 Å². The fraction of sp³-hybridized carbons (Fsp3) is 0.818. The van der Waals surface area contributed by atoms with Crippen molar-refractivity contribution in [2.45, 2.75) is 38.6 Å². The van der Waals surface area contributed by atoms with E-state index in [0.717, 1.165) is 6.54 Å². The number of hydrogen-bond donors (Lipinski definition) is 1. The molecule has 2 rings (SSSR count). The Labute approximate surface area is 90.0 Å². The number of hydrogen-bond acceptors (Lipinski definition) is 2. The van der Waals surface area contributed by atoms with Gasteiger partial charge in [0.25, 0.3) is 0 Å². The molecule has 15 heavy (non-hydrogen) atoms. The van der Waals surface area contributed by atoms with Crippen LogP contribution >= 0.6 is 0 Å². The Bertz CT molecular complexity index is 274. The summed E-state index contributed by atoms with van der Waals surface area (Å²) in [6.07, 6.45) is 3.47. The van der Waals surface area contributed by atoms with Gasteiger partial charge in [-0.15, -0.1) is 0 Å². The van der Waals surface area contributed by atoms with Crippen molar-refractivity contribution in [2.24, 2.45) is 5.92 Å². The van der Waals surface area contributed by atoms with Crippen LogP contribution in [0.25, 0.3) is 0 Å². The molecule has 1 atom stereocenters. The van der Waals surface area contributed by atoms with Gasteiger partial charge in [0, 0.05) is 37.9 Å². The first-order valence-corrected chi connectivity index (χ1v) is 5.77. The molecule has 4 nitrogen and oxygen atoms in total. The standard InChI is InChI=1S/C11H18N2O2/c1-2-10(14)12-6-8-5-11(15)13(7-8)9-3-4-9/h8-9H,2-7H2,1H3,(H,12,14). The van der Waals surface area contributed by atoms with Crippen LogP contribution in [0.1, 0.15) is 32.6 Å². The molecule has 1 saturated carbocycles. The molecular weight excluding hydrogens is 192 g/mol. The molecule has 0 aromatic heterocycles. The first kappa shape index (κ1) is 10.5. The van der Waals surface area contributed by atoms with Crippen molar-refractivity contribution in [2.75, 3.05) is 13.1 Å². The fourth-order valence-electron chi connectivity index (χ4n) is 2.07. The minimum Gasteiger partial charge on any atom is -0.356 e. The van der Waals surface area contributed by atoms with Crippen LogP contribution in [-0.2, 0) is 9.59 Å². The molecule has 0 radical (unpaired) electrons. The topological polar surface area (TPSA) is 49.4 Å². The molecule has 1 unspecified atom stereocenters. The van der Waals surface area contributed by atoms with E-state index in [0.29, 0.717) is 31.3 Å². The van der Waals surface area contributed by atoms with Gasteiger partial charge in [0.05, 0.1) is 0 Å². The molecule has 1 saturated heterocycles. The van der Waals surface area contributed by atoms with Crippen LogP contribution in [0.5, 0.6) is 0 Å². The van der Waals surface area contributed by atoms with E-state index in [4.69, 9.17) is 0 Å². The molecule has 1 heterocycles. The summed E-state index contributed by atoms with van der Waals surface area (Å²) in [5, 5.41) is 2.86. The summed E-state index contributed by atoms with van der Waals surface area (Å²) in [7, 11) is 0. The van der Waals surface area contributed by atoms with E-state index in [2.05, 4.69) is 5.32 Å². The van der Waals surface area contributed by atoms with E-state index < -0.39 is 0 Å². The number of rotatable bonds is 4. The van der Waals surface area contributed by atoms with Gasteiger partial charge in [0.2, 0.25) is 11.8 Å². The number of amides is 2. The van der Waals surface area contributed by atoms with E-state index in [-0.39, 0.29) is 11.8 Å². The number of nitrogens with zero attached hydrogens (tertiary/aromatic N) is 1. The maximum atomic E-state index is 11.6. The van der Waals surface area contributed by atoms with E-state index in [1.165, 1.54) is 12.8 Å². The second kappa shape index (κ2) is 4.21. The zero-order valence-corrected chi connectivity index (χ0v) is 9.16. The van der Waals surface area contributed by atoms with Gasteiger partial charge in [-0.25, -0.2) is 0 Å². The summed E-state index contributed by atoms with van der Waals surface area (Å²) in [5.74, 6) is 0.675. The van der Waals surface area contributed by atoms with Crippen LogP contribution in [0.15, 0.2) is 0 Å². The summed E-state index contributed by atoms with van der Waals surface area (Å²) < 4.78 is 0. The molecule has 0 aromatic rings. The molecule has 84 valence electrons. The van der Waals surface area contributed by atoms with E-state index >= 15 is 0 Å². The van der Waals surface area contributed by atoms with Crippen molar-refractivity contribution >= 4 is 11.8 Å². The summed E-state index contributed by atoms with van der Waals surface area (Å²) in [6.45, 7) is 3.33. The smallest absolute Gasteiger partial charge is 0.223 e. The highest BCUT2D eigenvalue weighted by molar-refractivity contribution is 5.80. The second-order valence-corrected chi connectivity index (χ2v) is 4.51. The lowest BCUT2D eigenvalue weighted by molar-refractivity contribution is -0.128. The summed E-state index contributed by atoms with van der Waals surface area (Å²) in [6, 6.07) is 0.518. The highest BCUT2D eigenvalue weighted by Gasteiger charge is 2.39. The van der Waals surface area contributed by atoms with Gasteiger partial charge in [-0.1, -0.05) is 6.92 Å². The maximum absolute atomic E-state index is 11.6. The maximum Gasteiger partial charge on any atom is 0.223 e. The zero-order chi connectivity index (χ0) is 10.8. The number of likely N-dealkylation sites (tertiary alicyclic amines) is 1. The lowest BCUT2D eigenvalue weighted by atomic mass is 10.1. The minimum atomic E-state index is 0.0762. The lowest BCUT2D eigenvalue weighted by Crippen LogP contribution is -2.31. The minimum absolute atomic E-state index is 0.0762. The number of carbonyl (C=O) groups is 2. The van der Waals surface area contributed by atoms with Gasteiger partial charge in [-0.2, -0.15) is 0 Å². The van der Waals surface area contributed by atoms with Gasteiger partial charge >= 0.3 is 0 Å². The first-order chi connectivity index (χ1) is 7.20. The SMILES string of the molecule is CCC(=O)NCC1CC(=O)N(C2CC2)C1. The second-order valence-electron chi connectivity index (χ2n) is 4.51. The normalized spacial score (nSPS) is 25.8. The predicted molar refractivity (Wildman–Crippen MR) is 56.1 cm³/mol. The fourth-order valence-corrected chi connectivity index (χ4v) is 2.07. The third-order valence-corrected chi connectivity index (χ3v) is 3.14. The molecule has 2 fully saturated rings. The zero-order valence-electron chi connectivity index (χ0n) is 9.16. The molecule has 1 aliphatic carbocycles. The lowest BCUT2D eigenvalue weighted by Gasteiger charge is -2.15. The summed E-state index contributed by atoms with van der Waals surface area (Å²) in [5.41, 5.74) is 0. The predicted octanol–water partition coefficient (Wildman–Crippen LogP) is 0.523. The van der Waals surface area contributed by atoms with Crippen molar-refractivity contribution in [1.29, 1.82) is 0 Å². The van der Waals surface area contributed by atoms with E-state index in [1.807, 2.05) is 11.8 Å². The number of carbonyl (C=O) groups excluding carboxylic acids is 2. The summed E-state index contributed by atoms with van der Waals surface area (Å²) >= 11 is 0. The van der Waals surface area contributed by atoms with Crippen molar-refractivity contribution in [1.82, 2.24) is 10.2 Å². The van der Waals surface area contributed by atoms with Crippen molar-refractivity contribution < 1.29 is 9.59 Å². The summed E-state index contributed by atoms with van der Waals surface area (Å²) in [4.78, 5) is 24.7. The highest BCUT2D eigenvalue weighted by atomic mass is 16.2. The van der Waals surface area contributed by atoms with Gasteiger partial charge in [0.15, 0.2) is 0 Å². The number of nitrogens with one attached hydrogen (secondary N) is 1. The molecule has 1 aliphatic heterocycles. The van der Waals surface area contributed by atoms with Crippen LogP contribution in [0.3, 0.4) is 0 Å². The van der Waals surface area contributed by atoms with Crippen molar-refractivity contribution in [3.8, 4) is 0 Å². The average molecular weight is 210 g/mol. The molecule has 0 aromatic carbocycles. The molecule has 4 heteroatoms. The van der Waals surface area contributed by atoms with Crippen LogP contribution in [-0.4, -0.2) is 35.8 Å². The molecule has 1 N–H and O–H groups in total. The van der Waals surface area contributed by atoms with E-state index in [9.17, 15) is 9.59 Å². The van der Waals surface area contributed by atoms with Crippen molar-refractivity contribution in [3.05, 3.63) is 0 Å². The Hall–Kier alpha value is -1.06. The Morgan fingerprint density at radius 1 is 1.53 bits per heavy atom. The Balaban J connectivity index is 1.76. The Kier molecular flexibility index (Phi) is 2.93. The molecular formula is C11H18N2O2. The first-order valence-electron chi connectivity index (χ1n) is 5.77. The molecule has 0 bridgehead atoms. The average Bonchev–Trinajstić information content (AvgIpc) is 3.00. The van der Waals surface area contributed by atoms with Crippen molar-refractivity contribution in [3.63, 3.8) is 0 Å². The molecule has 0 spiro atoms. The van der Waals surface area contributed by atoms with Gasteiger partial charge in [0.1, 0.15) is 0 Å². The Morgan fingerprint density at radius 3 is 2.87 bits per heavy atom. The third kappa shape index (κ3) is 2.49. The van der Waals surface area contributed by atoms with Gasteiger partial charge in [-0.3, -0.25) is 9.59 Å².